The lowest BCUT2D eigenvalue weighted by Crippen LogP contribution is -1.98. The summed E-state index contributed by atoms with van der Waals surface area (Å²) in [7, 11) is 0. The van der Waals surface area contributed by atoms with Crippen molar-refractivity contribution in [2.45, 2.75) is 45.4 Å². The van der Waals surface area contributed by atoms with Gasteiger partial charge in [-0.3, -0.25) is 0 Å². The monoisotopic (exact) mass is 205 g/mol. The molecule has 1 rings (SSSR count). The van der Waals surface area contributed by atoms with Crippen LogP contribution in [0.4, 0.5) is 0 Å². The van der Waals surface area contributed by atoms with Crippen molar-refractivity contribution in [2.75, 3.05) is 6.54 Å². The van der Waals surface area contributed by atoms with Crippen molar-refractivity contribution in [3.63, 3.8) is 0 Å². The zero-order valence-corrected chi connectivity index (χ0v) is 9.84. The Bertz CT molecular complexity index is 251. The van der Waals surface area contributed by atoms with Gasteiger partial charge in [0.05, 0.1) is 0 Å². The summed E-state index contributed by atoms with van der Waals surface area (Å²) in [6.45, 7) is 3.05. The van der Waals surface area contributed by atoms with Gasteiger partial charge in [0.1, 0.15) is 0 Å². The van der Waals surface area contributed by atoms with Crippen LogP contribution in [0.15, 0.2) is 24.3 Å². The molecule has 0 unspecified atom stereocenters. The lowest BCUT2D eigenvalue weighted by Gasteiger charge is -2.03. The van der Waals surface area contributed by atoms with Gasteiger partial charge in [-0.25, -0.2) is 0 Å². The molecule has 15 heavy (non-hydrogen) atoms. The molecule has 0 aliphatic heterocycles. The summed E-state index contributed by atoms with van der Waals surface area (Å²) in [6.07, 6.45) is 7.32. The summed E-state index contributed by atoms with van der Waals surface area (Å²) in [5.41, 5.74) is 8.39. The second-order valence-corrected chi connectivity index (χ2v) is 4.17. The van der Waals surface area contributed by atoms with Crippen LogP contribution in [0.3, 0.4) is 0 Å². The van der Waals surface area contributed by atoms with E-state index < -0.39 is 0 Å². The molecule has 0 bridgehead atoms. The zero-order chi connectivity index (χ0) is 10.9. The van der Waals surface area contributed by atoms with Crippen LogP contribution < -0.4 is 5.73 Å². The summed E-state index contributed by atoms with van der Waals surface area (Å²) >= 11 is 0. The number of hydrogen-bond acceptors (Lipinski definition) is 1. The Morgan fingerprint density at radius 3 is 2.00 bits per heavy atom. The van der Waals surface area contributed by atoms with Crippen LogP contribution in [0.2, 0.25) is 0 Å². The Kier molecular flexibility index (Phi) is 6.10. The number of nitrogens with two attached hydrogens (primary N) is 1. The smallest absolute Gasteiger partial charge is 0.00773 e. The van der Waals surface area contributed by atoms with Gasteiger partial charge in [0.15, 0.2) is 0 Å². The summed E-state index contributed by atoms with van der Waals surface area (Å²) in [5.74, 6) is 0. The largest absolute Gasteiger partial charge is 0.330 e. The fraction of sp³-hybridized carbons (Fsp3) is 0.571. The van der Waals surface area contributed by atoms with Gasteiger partial charge in [-0.15, -0.1) is 0 Å². The molecule has 2 N–H and O–H groups in total. The van der Waals surface area contributed by atoms with Crippen molar-refractivity contribution in [2.24, 2.45) is 5.73 Å². The molecule has 0 aliphatic rings. The molecule has 84 valence electrons. The molecule has 1 aromatic carbocycles. The van der Waals surface area contributed by atoms with Gasteiger partial charge in [0.25, 0.3) is 0 Å². The highest BCUT2D eigenvalue weighted by Crippen LogP contribution is 2.09. The molecule has 0 saturated carbocycles. The average Bonchev–Trinajstić information content (AvgIpc) is 2.27. The topological polar surface area (TPSA) is 26.0 Å². The Labute approximate surface area is 93.7 Å². The maximum Gasteiger partial charge on any atom is -0.00773 e. The van der Waals surface area contributed by atoms with Gasteiger partial charge in [-0.2, -0.15) is 0 Å². The molecule has 0 aliphatic carbocycles. The van der Waals surface area contributed by atoms with Crippen LogP contribution >= 0.6 is 0 Å². The third-order valence-corrected chi connectivity index (χ3v) is 2.73. The van der Waals surface area contributed by atoms with Crippen molar-refractivity contribution in [1.29, 1.82) is 0 Å². The van der Waals surface area contributed by atoms with Gasteiger partial charge in [-0.1, -0.05) is 44.0 Å². The number of benzene rings is 1. The SMILES string of the molecule is CCCc1ccc(CCCCCN)cc1. The number of aryl methyl sites for hydroxylation is 2. The average molecular weight is 205 g/mol. The van der Waals surface area contributed by atoms with E-state index in [4.69, 9.17) is 5.73 Å². The Hall–Kier alpha value is -0.820. The minimum absolute atomic E-state index is 0.829. The maximum atomic E-state index is 5.46. The van der Waals surface area contributed by atoms with Gasteiger partial charge in [0, 0.05) is 0 Å². The van der Waals surface area contributed by atoms with Crippen LogP contribution in [0.1, 0.15) is 43.7 Å². The van der Waals surface area contributed by atoms with E-state index in [9.17, 15) is 0 Å². The lowest BCUT2D eigenvalue weighted by atomic mass is 10.0. The van der Waals surface area contributed by atoms with E-state index >= 15 is 0 Å². The highest BCUT2D eigenvalue weighted by atomic mass is 14.5. The van der Waals surface area contributed by atoms with Crippen molar-refractivity contribution < 1.29 is 0 Å². The van der Waals surface area contributed by atoms with Crippen molar-refractivity contribution in [3.8, 4) is 0 Å². The molecule has 0 amide bonds. The quantitative estimate of drug-likeness (QED) is 0.679. The number of rotatable bonds is 7. The minimum atomic E-state index is 0.829. The van der Waals surface area contributed by atoms with E-state index in [1.54, 1.807) is 0 Å². The van der Waals surface area contributed by atoms with Gasteiger partial charge >= 0.3 is 0 Å². The van der Waals surface area contributed by atoms with Crippen LogP contribution in [-0.2, 0) is 12.8 Å². The first-order valence-electron chi connectivity index (χ1n) is 6.14. The third-order valence-electron chi connectivity index (χ3n) is 2.73. The first kappa shape index (κ1) is 12.3. The summed E-state index contributed by atoms with van der Waals surface area (Å²) in [6, 6.07) is 9.07. The summed E-state index contributed by atoms with van der Waals surface area (Å²) in [5, 5.41) is 0. The van der Waals surface area contributed by atoms with Gasteiger partial charge in [-0.05, 0) is 43.4 Å². The highest BCUT2D eigenvalue weighted by molar-refractivity contribution is 5.22. The van der Waals surface area contributed by atoms with Gasteiger partial charge in [0.2, 0.25) is 0 Å². The molecule has 1 heteroatoms. The molecule has 0 spiro atoms. The molecule has 1 aromatic rings. The van der Waals surface area contributed by atoms with Crippen molar-refractivity contribution in [3.05, 3.63) is 35.4 Å². The van der Waals surface area contributed by atoms with Crippen molar-refractivity contribution in [1.82, 2.24) is 0 Å². The van der Waals surface area contributed by atoms with Crippen molar-refractivity contribution >= 4 is 0 Å². The summed E-state index contributed by atoms with van der Waals surface area (Å²) < 4.78 is 0. The highest BCUT2D eigenvalue weighted by Gasteiger charge is 1.94. The van der Waals surface area contributed by atoms with E-state index in [1.807, 2.05) is 0 Å². The first-order valence-corrected chi connectivity index (χ1v) is 6.14. The van der Waals surface area contributed by atoms with Crippen LogP contribution in [0.5, 0.6) is 0 Å². The Morgan fingerprint density at radius 1 is 0.867 bits per heavy atom. The molecule has 0 saturated heterocycles. The lowest BCUT2D eigenvalue weighted by molar-refractivity contribution is 0.686. The molecule has 0 atom stereocenters. The third kappa shape index (κ3) is 4.98. The van der Waals surface area contributed by atoms with E-state index in [0.29, 0.717) is 0 Å². The fourth-order valence-corrected chi connectivity index (χ4v) is 1.81. The normalized spacial score (nSPS) is 10.5. The molecule has 0 aromatic heterocycles. The van der Waals surface area contributed by atoms with E-state index in [-0.39, 0.29) is 0 Å². The van der Waals surface area contributed by atoms with Crippen LogP contribution in [0.25, 0.3) is 0 Å². The predicted molar refractivity (Wildman–Crippen MR) is 67.0 cm³/mol. The Balaban J connectivity index is 2.29. The molecule has 1 nitrogen and oxygen atoms in total. The zero-order valence-electron chi connectivity index (χ0n) is 9.84. The second-order valence-electron chi connectivity index (χ2n) is 4.17. The molecule has 0 fully saturated rings. The van der Waals surface area contributed by atoms with Crippen LogP contribution in [-0.4, -0.2) is 6.54 Å². The summed E-state index contributed by atoms with van der Waals surface area (Å²) in [4.78, 5) is 0. The maximum absolute atomic E-state index is 5.46. The molecule has 0 heterocycles. The molecular weight excluding hydrogens is 182 g/mol. The van der Waals surface area contributed by atoms with Crippen LogP contribution in [0, 0.1) is 0 Å². The van der Waals surface area contributed by atoms with E-state index in [2.05, 4.69) is 31.2 Å². The predicted octanol–water partition coefficient (Wildman–Crippen LogP) is 3.31. The second kappa shape index (κ2) is 7.47. The van der Waals surface area contributed by atoms with Gasteiger partial charge < -0.3 is 5.73 Å². The fourth-order valence-electron chi connectivity index (χ4n) is 1.81. The molecule has 0 radical (unpaired) electrons. The number of hydrogen-bond donors (Lipinski definition) is 1. The Morgan fingerprint density at radius 2 is 1.47 bits per heavy atom. The molecular formula is C14H23N. The first-order chi connectivity index (χ1) is 7.36. The van der Waals surface area contributed by atoms with E-state index in [0.717, 1.165) is 13.0 Å². The standard InChI is InChI=1S/C14H23N/c1-2-6-13-8-10-14(11-9-13)7-4-3-5-12-15/h8-11H,2-7,12,15H2,1H3. The number of unbranched alkanes of at least 4 members (excludes halogenated alkanes) is 2. The van der Waals surface area contributed by atoms with E-state index in [1.165, 1.54) is 43.2 Å². The minimum Gasteiger partial charge on any atom is -0.330 e.